The van der Waals surface area contributed by atoms with E-state index in [4.69, 9.17) is 11.6 Å². The number of benzene rings is 2. The summed E-state index contributed by atoms with van der Waals surface area (Å²) in [6.45, 7) is 12.0. The number of hydrogen-bond acceptors (Lipinski definition) is 1. The molecule has 272 valence electrons. The van der Waals surface area contributed by atoms with E-state index in [1.807, 2.05) is 6.07 Å². The second-order valence-corrected chi connectivity index (χ2v) is 15.3. The summed E-state index contributed by atoms with van der Waals surface area (Å²) in [5.41, 5.74) is 14.5. The number of rotatable bonds is 13. The quantitative estimate of drug-likeness (QED) is 0.148. The van der Waals surface area contributed by atoms with E-state index in [0.29, 0.717) is 0 Å². The van der Waals surface area contributed by atoms with Crippen molar-refractivity contribution in [1.29, 1.82) is 0 Å². The first-order valence-electron chi connectivity index (χ1n) is 19.1. The largest absolute Gasteiger partial charge is 0.416 e. The molecule has 0 bridgehead atoms. The predicted octanol–water partition coefficient (Wildman–Crippen LogP) is 14.4. The molecule has 0 radical (unpaired) electrons. The fourth-order valence-electron chi connectivity index (χ4n) is 8.75. The van der Waals surface area contributed by atoms with Gasteiger partial charge in [0.05, 0.1) is 6.08 Å². The molecule has 50 heavy (non-hydrogen) atoms. The lowest BCUT2D eigenvalue weighted by Gasteiger charge is -2.52. The maximum atomic E-state index is 10.9. The van der Waals surface area contributed by atoms with Crippen molar-refractivity contribution in [3.05, 3.63) is 111 Å². The maximum absolute atomic E-state index is 10.9. The van der Waals surface area contributed by atoms with E-state index in [-0.39, 0.29) is 17.0 Å². The standard InChI is InChI=1S/C41H56ClN.C4H3F3/c1-6-13-34-29-39-35(27-31(34)4)28-36(15-11-9-10-14-33-20-18-32(8-3)19-21-33)41(39)25-23-40(22-7-2,24-26-41)43(5)38-17-12-16-37(42)30-38;1-2-3-4(5,6)7/h12,16-18,20,27-30H,6-11,13-15,19,21-26H2,1-5H3;3H,1H2. The predicted molar refractivity (Wildman–Crippen MR) is 209 cm³/mol. The first-order valence-corrected chi connectivity index (χ1v) is 19.4. The number of nitrogens with zero attached hydrogens (tertiary/aromatic N) is 1. The SMILES string of the molecule is C=C=CC(F)(F)F.CCCc1cc2c(cc1C)C=C(CCCCCC1=CC=C(CC)CC1)C21CCC(CCC)(N(C)c2cccc(Cl)c2)CC1. The van der Waals surface area contributed by atoms with Gasteiger partial charge in [-0.25, -0.2) is 0 Å². The summed E-state index contributed by atoms with van der Waals surface area (Å²) in [6.07, 6.45) is 23.3. The molecule has 0 amide bonds. The van der Waals surface area contributed by atoms with Crippen LogP contribution in [0.2, 0.25) is 5.02 Å². The average Bonchev–Trinajstić information content (AvgIpc) is 3.36. The summed E-state index contributed by atoms with van der Waals surface area (Å²) in [4.78, 5) is 2.59. The van der Waals surface area contributed by atoms with Gasteiger partial charge in [0.1, 0.15) is 0 Å². The van der Waals surface area contributed by atoms with Crippen LogP contribution in [-0.2, 0) is 11.8 Å². The monoisotopic (exact) mass is 705 g/mol. The molecule has 0 aromatic heterocycles. The highest BCUT2D eigenvalue weighted by molar-refractivity contribution is 6.30. The molecule has 2 aromatic rings. The van der Waals surface area contributed by atoms with Crippen molar-refractivity contribution in [2.24, 2.45) is 0 Å². The highest BCUT2D eigenvalue weighted by atomic mass is 35.5. The highest BCUT2D eigenvalue weighted by Gasteiger charge is 2.49. The smallest absolute Gasteiger partial charge is 0.369 e. The Labute approximate surface area is 306 Å². The number of hydrogen-bond donors (Lipinski definition) is 0. The third-order valence-electron chi connectivity index (χ3n) is 11.6. The van der Waals surface area contributed by atoms with Gasteiger partial charge in [0.25, 0.3) is 0 Å². The topological polar surface area (TPSA) is 3.24 Å². The van der Waals surface area contributed by atoms with Gasteiger partial charge in [-0.2, -0.15) is 13.2 Å². The van der Waals surface area contributed by atoms with Gasteiger partial charge >= 0.3 is 6.18 Å². The summed E-state index contributed by atoms with van der Waals surface area (Å²) in [5, 5.41) is 0.832. The molecule has 0 heterocycles. The lowest BCUT2D eigenvalue weighted by Crippen LogP contribution is -2.52. The molecular formula is C45H59ClF3N. The van der Waals surface area contributed by atoms with Crippen LogP contribution >= 0.6 is 11.6 Å². The Morgan fingerprint density at radius 1 is 0.900 bits per heavy atom. The van der Waals surface area contributed by atoms with Gasteiger partial charge in [-0.3, -0.25) is 0 Å². The van der Waals surface area contributed by atoms with Crippen LogP contribution < -0.4 is 4.90 Å². The van der Waals surface area contributed by atoms with Crippen LogP contribution in [0.1, 0.15) is 139 Å². The van der Waals surface area contributed by atoms with Crippen LogP contribution in [0, 0.1) is 6.92 Å². The summed E-state index contributed by atoms with van der Waals surface area (Å²) < 4.78 is 32.7. The van der Waals surface area contributed by atoms with Gasteiger partial charge in [-0.05, 0) is 131 Å². The Balaban J connectivity index is 0.000000727. The Hall–Kier alpha value is -2.94. The molecule has 2 aromatic carbocycles. The lowest BCUT2D eigenvalue weighted by molar-refractivity contribution is -0.0796. The number of allylic oxidation sites excluding steroid dienone is 6. The zero-order valence-electron chi connectivity index (χ0n) is 31.3. The van der Waals surface area contributed by atoms with Gasteiger partial charge in [-0.15, -0.1) is 5.73 Å². The van der Waals surface area contributed by atoms with Gasteiger partial charge < -0.3 is 4.90 Å². The Morgan fingerprint density at radius 3 is 2.18 bits per heavy atom. The van der Waals surface area contributed by atoms with Gasteiger partial charge in [0, 0.05) is 28.7 Å². The summed E-state index contributed by atoms with van der Waals surface area (Å²) >= 11 is 6.46. The van der Waals surface area contributed by atoms with Crippen molar-refractivity contribution in [2.75, 3.05) is 11.9 Å². The third-order valence-corrected chi connectivity index (χ3v) is 11.9. The number of halogens is 4. The number of fused-ring (bicyclic) bond motifs is 2. The van der Waals surface area contributed by atoms with E-state index in [9.17, 15) is 13.2 Å². The van der Waals surface area contributed by atoms with Crippen LogP contribution in [0.25, 0.3) is 6.08 Å². The van der Waals surface area contributed by atoms with Crippen LogP contribution in [0.3, 0.4) is 0 Å². The van der Waals surface area contributed by atoms with Gasteiger partial charge in [0.15, 0.2) is 0 Å². The highest BCUT2D eigenvalue weighted by Crippen LogP contribution is 2.56. The van der Waals surface area contributed by atoms with Crippen molar-refractivity contribution in [3.63, 3.8) is 0 Å². The van der Waals surface area contributed by atoms with Crippen LogP contribution in [0.4, 0.5) is 18.9 Å². The van der Waals surface area contributed by atoms with E-state index >= 15 is 0 Å². The third kappa shape index (κ3) is 9.89. The van der Waals surface area contributed by atoms with Gasteiger partial charge in [0.2, 0.25) is 0 Å². The molecule has 1 saturated carbocycles. The molecule has 5 rings (SSSR count). The van der Waals surface area contributed by atoms with Crippen molar-refractivity contribution < 1.29 is 13.2 Å². The fraction of sp³-hybridized carbons (Fsp3) is 0.533. The molecule has 0 aliphatic heterocycles. The van der Waals surface area contributed by atoms with Crippen molar-refractivity contribution >= 4 is 23.4 Å². The van der Waals surface area contributed by atoms with Crippen LogP contribution in [-0.4, -0.2) is 18.8 Å². The molecule has 1 spiro atoms. The Bertz CT molecular complexity index is 1580. The zero-order chi connectivity index (χ0) is 36.4. The molecule has 3 aliphatic rings. The second kappa shape index (κ2) is 18.0. The van der Waals surface area contributed by atoms with E-state index in [1.54, 1.807) is 33.6 Å². The molecule has 0 unspecified atom stereocenters. The normalized spacial score (nSPS) is 21.3. The molecule has 1 nitrogen and oxygen atoms in total. The molecule has 0 N–H and O–H groups in total. The second-order valence-electron chi connectivity index (χ2n) is 14.8. The van der Waals surface area contributed by atoms with Crippen molar-refractivity contribution in [1.82, 2.24) is 0 Å². The molecule has 0 saturated heterocycles. The van der Waals surface area contributed by atoms with E-state index in [2.05, 4.69) is 94.8 Å². The number of aryl methyl sites for hydroxylation is 2. The molecular weight excluding hydrogens is 647 g/mol. The summed E-state index contributed by atoms with van der Waals surface area (Å²) in [7, 11) is 2.32. The van der Waals surface area contributed by atoms with Crippen LogP contribution in [0.5, 0.6) is 0 Å². The Morgan fingerprint density at radius 2 is 1.60 bits per heavy atom. The summed E-state index contributed by atoms with van der Waals surface area (Å²) in [5.74, 6) is 0. The number of unbranched alkanes of at least 4 members (excludes halogenated alkanes) is 2. The minimum absolute atomic E-state index is 0.0486. The summed E-state index contributed by atoms with van der Waals surface area (Å²) in [6, 6.07) is 13.7. The average molecular weight is 706 g/mol. The number of anilines is 1. The van der Waals surface area contributed by atoms with E-state index < -0.39 is 6.18 Å². The van der Waals surface area contributed by atoms with Crippen molar-refractivity contribution in [2.45, 2.75) is 148 Å². The maximum Gasteiger partial charge on any atom is 0.416 e. The molecule has 5 heteroatoms. The van der Waals surface area contributed by atoms with E-state index in [0.717, 1.165) is 5.02 Å². The van der Waals surface area contributed by atoms with Crippen molar-refractivity contribution in [3.8, 4) is 0 Å². The molecule has 0 atom stereocenters. The molecule has 3 aliphatic carbocycles. The van der Waals surface area contributed by atoms with Gasteiger partial charge in [-0.1, -0.05) is 111 Å². The minimum atomic E-state index is -4.25. The lowest BCUT2D eigenvalue weighted by atomic mass is 9.60. The first-order chi connectivity index (χ1) is 23.9. The first kappa shape index (κ1) is 39.8. The Kier molecular flexibility index (Phi) is 14.4. The van der Waals surface area contributed by atoms with Crippen LogP contribution in [0.15, 0.2) is 83.7 Å². The zero-order valence-corrected chi connectivity index (χ0v) is 32.0. The van der Waals surface area contributed by atoms with E-state index in [1.165, 1.54) is 120 Å². The number of alkyl halides is 3. The molecule has 1 fully saturated rings. The fourth-order valence-corrected chi connectivity index (χ4v) is 8.94. The minimum Gasteiger partial charge on any atom is -0.369 e.